The number of amides is 1. The van der Waals surface area contributed by atoms with Crippen LogP contribution in [0.3, 0.4) is 0 Å². The van der Waals surface area contributed by atoms with Gasteiger partial charge >= 0.3 is 0 Å². The van der Waals surface area contributed by atoms with Gasteiger partial charge in [-0.25, -0.2) is 0 Å². The van der Waals surface area contributed by atoms with Gasteiger partial charge in [-0.3, -0.25) is 4.79 Å². The largest absolute Gasteiger partial charge is 0.376 e. The molecule has 0 atom stereocenters. The van der Waals surface area contributed by atoms with Gasteiger partial charge in [0.1, 0.15) is 0 Å². The van der Waals surface area contributed by atoms with Crippen LogP contribution < -0.4 is 15.5 Å². The van der Waals surface area contributed by atoms with E-state index in [0.29, 0.717) is 0 Å². The van der Waals surface area contributed by atoms with Crippen molar-refractivity contribution in [1.29, 1.82) is 0 Å². The highest BCUT2D eigenvalue weighted by Crippen LogP contribution is 2.18. The van der Waals surface area contributed by atoms with E-state index >= 15 is 0 Å². The molecule has 0 radical (unpaired) electrons. The predicted octanol–water partition coefficient (Wildman–Crippen LogP) is 4.35. The van der Waals surface area contributed by atoms with Crippen molar-refractivity contribution in [3.8, 4) is 0 Å². The molecule has 0 saturated heterocycles. The molecule has 122 valence electrons. The number of hydrogen-bond acceptors (Lipinski definition) is 3. The van der Waals surface area contributed by atoms with Gasteiger partial charge < -0.3 is 15.5 Å². The van der Waals surface area contributed by atoms with E-state index in [1.807, 2.05) is 36.4 Å². The molecule has 23 heavy (non-hydrogen) atoms. The van der Waals surface area contributed by atoms with E-state index in [4.69, 9.17) is 0 Å². The van der Waals surface area contributed by atoms with Gasteiger partial charge in [-0.05, 0) is 62.4 Å². The molecule has 2 N–H and O–H groups in total. The van der Waals surface area contributed by atoms with Gasteiger partial charge in [-0.2, -0.15) is 0 Å². The lowest BCUT2D eigenvalue weighted by Gasteiger charge is -2.21. The molecule has 0 fully saturated rings. The smallest absolute Gasteiger partial charge is 0.243 e. The maximum atomic E-state index is 11.9. The van der Waals surface area contributed by atoms with Crippen molar-refractivity contribution in [3.05, 3.63) is 53.0 Å². The van der Waals surface area contributed by atoms with Gasteiger partial charge in [0, 0.05) is 34.6 Å². The summed E-state index contributed by atoms with van der Waals surface area (Å²) < 4.78 is 0.988. The fourth-order valence-electron chi connectivity index (χ4n) is 2.30. The highest BCUT2D eigenvalue weighted by Gasteiger charge is 2.04. The van der Waals surface area contributed by atoms with Crippen LogP contribution in [0.2, 0.25) is 0 Å². The number of carbonyl (C=O) groups excluding carboxylic acids is 1. The normalized spacial score (nSPS) is 10.2. The van der Waals surface area contributed by atoms with E-state index in [1.165, 1.54) is 5.69 Å². The first-order valence-corrected chi connectivity index (χ1v) is 8.56. The van der Waals surface area contributed by atoms with Crippen molar-refractivity contribution in [2.45, 2.75) is 13.8 Å². The highest BCUT2D eigenvalue weighted by atomic mass is 79.9. The van der Waals surface area contributed by atoms with Crippen LogP contribution in [0.5, 0.6) is 0 Å². The molecule has 0 aliphatic rings. The third-order valence-corrected chi connectivity index (χ3v) is 4.11. The molecular weight excluding hydrogens is 354 g/mol. The summed E-state index contributed by atoms with van der Waals surface area (Å²) >= 11 is 3.37. The number of hydrogen-bond donors (Lipinski definition) is 2. The van der Waals surface area contributed by atoms with Crippen molar-refractivity contribution in [3.63, 3.8) is 0 Å². The number of nitrogens with one attached hydrogen (secondary N) is 2. The van der Waals surface area contributed by atoms with E-state index in [-0.39, 0.29) is 12.5 Å². The van der Waals surface area contributed by atoms with Crippen molar-refractivity contribution in [1.82, 2.24) is 0 Å². The first-order valence-electron chi connectivity index (χ1n) is 7.76. The Morgan fingerprint density at radius 3 is 2.09 bits per heavy atom. The molecule has 2 rings (SSSR count). The minimum Gasteiger partial charge on any atom is -0.376 e. The van der Waals surface area contributed by atoms with Crippen LogP contribution in [0.1, 0.15) is 13.8 Å². The van der Waals surface area contributed by atoms with Crippen LogP contribution in [0, 0.1) is 0 Å². The third-order valence-electron chi connectivity index (χ3n) is 3.58. The zero-order valence-corrected chi connectivity index (χ0v) is 15.1. The SMILES string of the molecule is CCN(CC)c1ccc(NCC(=O)Nc2ccc(Br)cc2)cc1. The summed E-state index contributed by atoms with van der Waals surface area (Å²) in [6.07, 6.45) is 0. The lowest BCUT2D eigenvalue weighted by Crippen LogP contribution is -2.22. The zero-order valence-electron chi connectivity index (χ0n) is 13.5. The van der Waals surface area contributed by atoms with Crippen molar-refractivity contribution < 1.29 is 4.79 Å². The van der Waals surface area contributed by atoms with Crippen LogP contribution in [0.15, 0.2) is 53.0 Å². The number of halogens is 1. The number of carbonyl (C=O) groups is 1. The summed E-state index contributed by atoms with van der Waals surface area (Å²) in [5, 5.41) is 6.00. The Kier molecular flexibility index (Phi) is 6.47. The summed E-state index contributed by atoms with van der Waals surface area (Å²) in [6.45, 7) is 6.49. The lowest BCUT2D eigenvalue weighted by molar-refractivity contribution is -0.114. The summed E-state index contributed by atoms with van der Waals surface area (Å²) in [6, 6.07) is 15.7. The number of rotatable bonds is 7. The van der Waals surface area contributed by atoms with Crippen LogP contribution >= 0.6 is 15.9 Å². The molecule has 1 amide bonds. The molecular formula is C18H22BrN3O. The van der Waals surface area contributed by atoms with Gasteiger partial charge in [-0.15, -0.1) is 0 Å². The van der Waals surface area contributed by atoms with Gasteiger partial charge in [0.05, 0.1) is 6.54 Å². The average Bonchev–Trinajstić information content (AvgIpc) is 2.57. The van der Waals surface area contributed by atoms with Gasteiger partial charge in [0.25, 0.3) is 0 Å². The number of anilines is 3. The topological polar surface area (TPSA) is 44.4 Å². The summed E-state index contributed by atoms with van der Waals surface area (Å²) in [4.78, 5) is 14.2. The number of nitrogens with zero attached hydrogens (tertiary/aromatic N) is 1. The van der Waals surface area contributed by atoms with E-state index in [0.717, 1.165) is 28.9 Å². The summed E-state index contributed by atoms with van der Waals surface area (Å²) in [5.74, 6) is -0.0693. The van der Waals surface area contributed by atoms with Crippen molar-refractivity contribution in [2.24, 2.45) is 0 Å². The van der Waals surface area contributed by atoms with E-state index in [1.54, 1.807) is 0 Å². The van der Waals surface area contributed by atoms with Gasteiger partial charge in [-0.1, -0.05) is 15.9 Å². The Bertz CT molecular complexity index is 622. The zero-order chi connectivity index (χ0) is 16.7. The Balaban J connectivity index is 1.85. The molecule has 0 aliphatic carbocycles. The molecule has 0 saturated carbocycles. The second kappa shape index (κ2) is 8.58. The molecule has 0 heterocycles. The maximum Gasteiger partial charge on any atom is 0.243 e. The Hall–Kier alpha value is -2.01. The van der Waals surface area contributed by atoms with Crippen LogP contribution in [0.4, 0.5) is 17.1 Å². The van der Waals surface area contributed by atoms with E-state index < -0.39 is 0 Å². The summed E-state index contributed by atoms with van der Waals surface area (Å²) in [5.41, 5.74) is 2.92. The van der Waals surface area contributed by atoms with E-state index in [9.17, 15) is 4.79 Å². The Morgan fingerprint density at radius 1 is 0.957 bits per heavy atom. The van der Waals surface area contributed by atoms with Crippen LogP contribution in [0.25, 0.3) is 0 Å². The Labute approximate surface area is 146 Å². The second-order valence-electron chi connectivity index (χ2n) is 5.13. The lowest BCUT2D eigenvalue weighted by atomic mass is 10.2. The first-order chi connectivity index (χ1) is 11.1. The maximum absolute atomic E-state index is 11.9. The number of benzene rings is 2. The van der Waals surface area contributed by atoms with Crippen LogP contribution in [-0.2, 0) is 4.79 Å². The molecule has 0 spiro atoms. The molecule has 5 heteroatoms. The molecule has 0 unspecified atom stereocenters. The quantitative estimate of drug-likeness (QED) is 0.755. The molecule has 2 aromatic rings. The average molecular weight is 376 g/mol. The monoisotopic (exact) mass is 375 g/mol. The van der Waals surface area contributed by atoms with Gasteiger partial charge in [0.2, 0.25) is 5.91 Å². The molecule has 0 aromatic heterocycles. The molecule has 4 nitrogen and oxygen atoms in total. The fraction of sp³-hybridized carbons (Fsp3) is 0.278. The second-order valence-corrected chi connectivity index (χ2v) is 6.04. The summed E-state index contributed by atoms with van der Waals surface area (Å²) in [7, 11) is 0. The highest BCUT2D eigenvalue weighted by molar-refractivity contribution is 9.10. The molecule has 0 bridgehead atoms. The van der Waals surface area contributed by atoms with Gasteiger partial charge in [0.15, 0.2) is 0 Å². The first kappa shape index (κ1) is 17.3. The van der Waals surface area contributed by atoms with Crippen molar-refractivity contribution >= 4 is 38.9 Å². The minimum absolute atomic E-state index is 0.0693. The fourth-order valence-corrected chi connectivity index (χ4v) is 2.56. The minimum atomic E-state index is -0.0693. The van der Waals surface area contributed by atoms with Crippen molar-refractivity contribution in [2.75, 3.05) is 35.2 Å². The third kappa shape index (κ3) is 5.28. The molecule has 0 aliphatic heterocycles. The Morgan fingerprint density at radius 2 is 1.52 bits per heavy atom. The van der Waals surface area contributed by atoms with E-state index in [2.05, 4.69) is 57.4 Å². The van der Waals surface area contributed by atoms with Crippen LogP contribution in [-0.4, -0.2) is 25.5 Å². The molecule has 2 aromatic carbocycles. The standard InChI is InChI=1S/C18H22BrN3O/c1-3-22(4-2)17-11-9-15(10-12-17)20-13-18(23)21-16-7-5-14(19)6-8-16/h5-12,20H,3-4,13H2,1-2H3,(H,21,23). The predicted molar refractivity (Wildman–Crippen MR) is 101 cm³/mol.